The van der Waals surface area contributed by atoms with Gasteiger partial charge in [-0.1, -0.05) is 6.92 Å². The second-order valence-electron chi connectivity index (χ2n) is 6.18. The Hall–Kier alpha value is -2.77. The van der Waals surface area contributed by atoms with E-state index >= 15 is 0 Å². The predicted octanol–water partition coefficient (Wildman–Crippen LogP) is 3.64. The van der Waals surface area contributed by atoms with Crippen molar-refractivity contribution in [3.63, 3.8) is 0 Å². The number of nitrogens with zero attached hydrogens (tertiary/aromatic N) is 3. The lowest BCUT2D eigenvalue weighted by Gasteiger charge is -2.30. The summed E-state index contributed by atoms with van der Waals surface area (Å²) < 4.78 is 26.2. The van der Waals surface area contributed by atoms with Crippen molar-refractivity contribution in [3.05, 3.63) is 42.2 Å². The lowest BCUT2D eigenvalue weighted by molar-refractivity contribution is 0.262. The van der Waals surface area contributed by atoms with E-state index in [1.165, 1.54) is 12.4 Å². The molecule has 1 aromatic heterocycles. The number of hydrogen-bond acceptors (Lipinski definition) is 4. The van der Waals surface area contributed by atoms with Gasteiger partial charge in [0.25, 0.3) is 0 Å². The van der Waals surface area contributed by atoms with Crippen LogP contribution in [0.3, 0.4) is 0 Å². The number of nitrogens with one attached hydrogen (secondary N) is 2. The summed E-state index contributed by atoms with van der Waals surface area (Å²) in [5, 5.41) is 4.89. The number of hydrogen-bond donors (Lipinski definition) is 2. The van der Waals surface area contributed by atoms with Gasteiger partial charge in [-0.05, 0) is 30.9 Å². The Labute approximate surface area is 144 Å². The van der Waals surface area contributed by atoms with Gasteiger partial charge in [0.2, 0.25) is 5.95 Å². The van der Waals surface area contributed by atoms with Crippen LogP contribution in [0.25, 0.3) is 0 Å². The highest BCUT2D eigenvalue weighted by Gasteiger charge is 2.17. The average Bonchev–Trinajstić information content (AvgIpc) is 2.55. The first-order valence-electron chi connectivity index (χ1n) is 8.11. The second kappa shape index (κ2) is 7.42. The minimum atomic E-state index is -0.765. The third-order valence-corrected chi connectivity index (χ3v) is 4.08. The molecule has 0 saturated carbocycles. The molecule has 0 spiro atoms. The van der Waals surface area contributed by atoms with Crippen LogP contribution in [0.2, 0.25) is 0 Å². The number of amides is 2. The number of carbonyl (C=O) groups is 1. The molecule has 1 aromatic carbocycles. The molecule has 0 bridgehead atoms. The number of urea groups is 1. The SMILES string of the molecule is CC1CCN(c2ncc(NC(=O)Nc3cc(F)cc(F)c3)cn2)CC1. The summed E-state index contributed by atoms with van der Waals surface area (Å²) in [5.74, 6) is -0.184. The van der Waals surface area contributed by atoms with E-state index in [2.05, 4.69) is 32.4 Å². The van der Waals surface area contributed by atoms with Gasteiger partial charge in [0, 0.05) is 24.8 Å². The van der Waals surface area contributed by atoms with E-state index in [-0.39, 0.29) is 5.69 Å². The summed E-state index contributed by atoms with van der Waals surface area (Å²) in [7, 11) is 0. The third-order valence-electron chi connectivity index (χ3n) is 4.08. The molecule has 1 fully saturated rings. The first-order valence-corrected chi connectivity index (χ1v) is 8.11. The molecule has 132 valence electrons. The average molecular weight is 347 g/mol. The van der Waals surface area contributed by atoms with Gasteiger partial charge in [-0.2, -0.15) is 0 Å². The molecule has 1 aliphatic rings. The fraction of sp³-hybridized carbons (Fsp3) is 0.353. The molecule has 2 N–H and O–H groups in total. The van der Waals surface area contributed by atoms with Crippen LogP contribution in [-0.4, -0.2) is 29.1 Å². The number of aromatic nitrogens is 2. The van der Waals surface area contributed by atoms with Crippen molar-refractivity contribution < 1.29 is 13.6 Å². The van der Waals surface area contributed by atoms with E-state index in [4.69, 9.17) is 0 Å². The monoisotopic (exact) mass is 347 g/mol. The molecular formula is C17H19F2N5O. The van der Waals surface area contributed by atoms with Gasteiger partial charge < -0.3 is 15.5 Å². The highest BCUT2D eigenvalue weighted by molar-refractivity contribution is 5.99. The van der Waals surface area contributed by atoms with Crippen LogP contribution in [0.5, 0.6) is 0 Å². The summed E-state index contributed by atoms with van der Waals surface area (Å²) in [6, 6.07) is 2.16. The Morgan fingerprint density at radius 1 is 1.04 bits per heavy atom. The van der Waals surface area contributed by atoms with Gasteiger partial charge in [-0.25, -0.2) is 23.5 Å². The lowest BCUT2D eigenvalue weighted by Crippen LogP contribution is -2.34. The maximum atomic E-state index is 13.1. The zero-order valence-electron chi connectivity index (χ0n) is 13.8. The molecular weight excluding hydrogens is 328 g/mol. The fourth-order valence-electron chi connectivity index (χ4n) is 2.68. The zero-order valence-corrected chi connectivity index (χ0v) is 13.8. The van der Waals surface area contributed by atoms with E-state index in [0.717, 1.165) is 44.1 Å². The molecule has 0 radical (unpaired) electrons. The molecule has 3 rings (SSSR count). The normalized spacial score (nSPS) is 15.1. The largest absolute Gasteiger partial charge is 0.341 e. The molecule has 0 atom stereocenters. The molecule has 1 aliphatic heterocycles. The van der Waals surface area contributed by atoms with Gasteiger partial charge in [0.05, 0.1) is 18.1 Å². The molecule has 2 amide bonds. The molecule has 8 heteroatoms. The highest BCUT2D eigenvalue weighted by Crippen LogP contribution is 2.20. The number of carbonyl (C=O) groups excluding carboxylic acids is 1. The number of benzene rings is 1. The van der Waals surface area contributed by atoms with Gasteiger partial charge in [0.1, 0.15) is 11.6 Å². The van der Waals surface area contributed by atoms with Crippen molar-refractivity contribution >= 4 is 23.4 Å². The molecule has 25 heavy (non-hydrogen) atoms. The van der Waals surface area contributed by atoms with E-state index in [1.807, 2.05) is 0 Å². The van der Waals surface area contributed by atoms with E-state index in [0.29, 0.717) is 17.6 Å². The van der Waals surface area contributed by atoms with Gasteiger partial charge in [-0.3, -0.25) is 0 Å². The van der Waals surface area contributed by atoms with Crippen LogP contribution < -0.4 is 15.5 Å². The highest BCUT2D eigenvalue weighted by atomic mass is 19.1. The Balaban J connectivity index is 1.58. The second-order valence-corrected chi connectivity index (χ2v) is 6.18. The lowest BCUT2D eigenvalue weighted by atomic mass is 10.00. The number of halogens is 2. The standard InChI is InChI=1S/C17H19F2N5O/c1-11-2-4-24(5-3-11)16-20-9-15(10-21-16)23-17(25)22-14-7-12(18)6-13(19)8-14/h6-11H,2-5H2,1H3,(H2,22,23,25). The maximum absolute atomic E-state index is 13.1. The molecule has 2 aromatic rings. The smallest absolute Gasteiger partial charge is 0.323 e. The van der Waals surface area contributed by atoms with Crippen LogP contribution in [0.1, 0.15) is 19.8 Å². The number of anilines is 3. The Morgan fingerprint density at radius 3 is 2.20 bits per heavy atom. The number of rotatable bonds is 3. The minimum Gasteiger partial charge on any atom is -0.341 e. The minimum absolute atomic E-state index is 0.0231. The summed E-state index contributed by atoms with van der Waals surface area (Å²) in [4.78, 5) is 22.5. The quantitative estimate of drug-likeness (QED) is 0.889. The van der Waals surface area contributed by atoms with Crippen LogP contribution >= 0.6 is 0 Å². The van der Waals surface area contributed by atoms with Crippen molar-refractivity contribution in [2.45, 2.75) is 19.8 Å². The first kappa shape index (κ1) is 17.1. The fourth-order valence-corrected chi connectivity index (χ4v) is 2.68. The van der Waals surface area contributed by atoms with Crippen molar-refractivity contribution in [3.8, 4) is 0 Å². The van der Waals surface area contributed by atoms with Crippen LogP contribution in [0.4, 0.5) is 30.9 Å². The first-order chi connectivity index (χ1) is 12.0. The van der Waals surface area contributed by atoms with E-state index < -0.39 is 17.7 Å². The van der Waals surface area contributed by atoms with Crippen molar-refractivity contribution in [2.75, 3.05) is 28.6 Å². The van der Waals surface area contributed by atoms with Crippen LogP contribution in [0.15, 0.2) is 30.6 Å². The van der Waals surface area contributed by atoms with Crippen molar-refractivity contribution in [1.82, 2.24) is 9.97 Å². The zero-order chi connectivity index (χ0) is 17.8. The summed E-state index contributed by atoms with van der Waals surface area (Å²) in [6.45, 7) is 4.06. The van der Waals surface area contributed by atoms with Gasteiger partial charge in [0.15, 0.2) is 0 Å². The summed E-state index contributed by atoms with van der Waals surface area (Å²) in [6.07, 6.45) is 5.23. The molecule has 2 heterocycles. The van der Waals surface area contributed by atoms with E-state index in [1.54, 1.807) is 0 Å². The van der Waals surface area contributed by atoms with E-state index in [9.17, 15) is 13.6 Å². The molecule has 0 unspecified atom stereocenters. The summed E-state index contributed by atoms with van der Waals surface area (Å²) in [5.41, 5.74) is 0.415. The third kappa shape index (κ3) is 4.62. The molecule has 1 saturated heterocycles. The van der Waals surface area contributed by atoms with Gasteiger partial charge >= 0.3 is 6.03 Å². The van der Waals surface area contributed by atoms with Crippen molar-refractivity contribution in [1.29, 1.82) is 0 Å². The predicted molar refractivity (Wildman–Crippen MR) is 91.6 cm³/mol. The Bertz CT molecular complexity index is 725. The topological polar surface area (TPSA) is 70.2 Å². The van der Waals surface area contributed by atoms with Crippen LogP contribution in [-0.2, 0) is 0 Å². The van der Waals surface area contributed by atoms with Gasteiger partial charge in [-0.15, -0.1) is 0 Å². The van der Waals surface area contributed by atoms with Crippen LogP contribution in [0, 0.1) is 17.6 Å². The molecule has 6 nitrogen and oxygen atoms in total. The van der Waals surface area contributed by atoms with Crippen molar-refractivity contribution in [2.24, 2.45) is 5.92 Å². The number of piperidine rings is 1. The Kier molecular flexibility index (Phi) is 5.06. The Morgan fingerprint density at radius 2 is 1.60 bits per heavy atom. The summed E-state index contributed by atoms with van der Waals surface area (Å²) >= 11 is 0. The molecule has 0 aliphatic carbocycles. The maximum Gasteiger partial charge on any atom is 0.323 e.